The van der Waals surface area contributed by atoms with E-state index in [1.165, 1.54) is 29.8 Å². The van der Waals surface area contributed by atoms with Crippen LogP contribution >= 0.6 is 0 Å². The second-order valence-electron chi connectivity index (χ2n) is 6.94. The van der Waals surface area contributed by atoms with E-state index >= 15 is 0 Å². The molecule has 8 heteroatoms. The molecule has 0 saturated heterocycles. The van der Waals surface area contributed by atoms with Gasteiger partial charge in [-0.25, -0.2) is 4.39 Å². The van der Waals surface area contributed by atoms with E-state index in [0.717, 1.165) is 23.9 Å². The van der Waals surface area contributed by atoms with E-state index in [4.69, 9.17) is 0 Å². The van der Waals surface area contributed by atoms with E-state index in [9.17, 15) is 9.50 Å². The summed E-state index contributed by atoms with van der Waals surface area (Å²) in [6.45, 7) is 2.52. The fourth-order valence-electron chi connectivity index (χ4n) is 3.12. The normalized spacial score (nSPS) is 15.4. The van der Waals surface area contributed by atoms with Crippen LogP contribution in [0.15, 0.2) is 24.4 Å². The molecule has 0 radical (unpaired) electrons. The minimum absolute atomic E-state index is 0.391. The molecule has 1 N–H and O–H groups in total. The molecule has 7 nitrogen and oxygen atoms in total. The Morgan fingerprint density at radius 1 is 1.31 bits per heavy atom. The Kier molecular flexibility index (Phi) is 4.28. The molecular weight excluding hydrogens is 335 g/mol. The molecule has 1 aromatic carbocycles. The first kappa shape index (κ1) is 16.8. The number of aromatic nitrogens is 6. The highest BCUT2D eigenvalue weighted by molar-refractivity contribution is 5.66. The van der Waals surface area contributed by atoms with Crippen LogP contribution in [0.25, 0.3) is 11.3 Å². The lowest BCUT2D eigenvalue weighted by Gasteiger charge is -2.11. The summed E-state index contributed by atoms with van der Waals surface area (Å²) in [5.74, 6) is 0.336. The summed E-state index contributed by atoms with van der Waals surface area (Å²) in [6, 6.07) is 4.34. The molecule has 0 spiro atoms. The van der Waals surface area contributed by atoms with Gasteiger partial charge in [-0.15, -0.1) is 5.10 Å². The van der Waals surface area contributed by atoms with Gasteiger partial charge in [0.05, 0.1) is 17.5 Å². The van der Waals surface area contributed by atoms with Crippen LogP contribution in [-0.4, -0.2) is 35.1 Å². The lowest BCUT2D eigenvalue weighted by Crippen LogP contribution is -2.00. The first-order chi connectivity index (χ1) is 12.5. The van der Waals surface area contributed by atoms with Crippen molar-refractivity contribution in [1.82, 2.24) is 30.0 Å². The number of aliphatic hydroxyl groups is 1. The predicted octanol–water partition coefficient (Wildman–Crippen LogP) is 2.27. The number of benzene rings is 1. The van der Waals surface area contributed by atoms with Gasteiger partial charge in [-0.05, 0) is 49.4 Å². The third-order valence-corrected chi connectivity index (χ3v) is 4.58. The van der Waals surface area contributed by atoms with E-state index in [1.807, 2.05) is 10.9 Å². The molecule has 1 fully saturated rings. The molecule has 136 valence electrons. The largest absolute Gasteiger partial charge is 0.389 e. The van der Waals surface area contributed by atoms with E-state index in [1.54, 1.807) is 20.0 Å². The van der Waals surface area contributed by atoms with Gasteiger partial charge in [0.15, 0.2) is 0 Å². The van der Waals surface area contributed by atoms with Gasteiger partial charge in [-0.3, -0.25) is 4.68 Å². The van der Waals surface area contributed by atoms with Crippen LogP contribution in [0.5, 0.6) is 0 Å². The van der Waals surface area contributed by atoms with Gasteiger partial charge >= 0.3 is 0 Å². The molecule has 0 amide bonds. The van der Waals surface area contributed by atoms with Gasteiger partial charge in [-0.1, -0.05) is 5.21 Å². The molecule has 0 aliphatic heterocycles. The van der Waals surface area contributed by atoms with Crippen LogP contribution in [-0.2, 0) is 20.0 Å². The third kappa shape index (κ3) is 3.50. The first-order valence-electron chi connectivity index (χ1n) is 8.76. The zero-order chi connectivity index (χ0) is 18.3. The quantitative estimate of drug-likeness (QED) is 0.733. The van der Waals surface area contributed by atoms with E-state index < -0.39 is 11.9 Å². The number of hydrogen-bond donors (Lipinski definition) is 1. The highest BCUT2D eigenvalue weighted by Crippen LogP contribution is 2.31. The van der Waals surface area contributed by atoms with Crippen molar-refractivity contribution in [2.75, 3.05) is 0 Å². The number of hydrogen-bond acceptors (Lipinski definition) is 5. The van der Waals surface area contributed by atoms with Crippen molar-refractivity contribution in [3.63, 3.8) is 0 Å². The standard InChI is InChI=1S/C18H21FN6O/c1-11(26)16-7-13(19)5-6-15(16)18-17(21-24(2)22-18)8-14-10-25(23-20-14)9-12-3-4-12/h5-7,10-12,26H,3-4,8-9H2,1-2H3/t11-/m1/s1. The molecule has 2 aromatic heterocycles. The zero-order valence-corrected chi connectivity index (χ0v) is 14.8. The summed E-state index contributed by atoms with van der Waals surface area (Å²) in [6.07, 6.45) is 4.13. The lowest BCUT2D eigenvalue weighted by atomic mass is 9.98. The Labute approximate surface area is 150 Å². The predicted molar refractivity (Wildman–Crippen MR) is 92.6 cm³/mol. The molecule has 1 saturated carbocycles. The highest BCUT2D eigenvalue weighted by atomic mass is 19.1. The van der Waals surface area contributed by atoms with Crippen molar-refractivity contribution in [1.29, 1.82) is 0 Å². The maximum atomic E-state index is 13.6. The number of aryl methyl sites for hydroxylation is 1. The van der Waals surface area contributed by atoms with Gasteiger partial charge in [0.25, 0.3) is 0 Å². The Morgan fingerprint density at radius 3 is 2.85 bits per heavy atom. The third-order valence-electron chi connectivity index (χ3n) is 4.58. The van der Waals surface area contributed by atoms with Crippen LogP contribution in [0.3, 0.4) is 0 Å². The Bertz CT molecular complexity index is 928. The van der Waals surface area contributed by atoms with Crippen molar-refractivity contribution in [2.24, 2.45) is 13.0 Å². The summed E-state index contributed by atoms with van der Waals surface area (Å²) in [7, 11) is 1.74. The topological polar surface area (TPSA) is 81.7 Å². The molecular formula is C18H21FN6O. The summed E-state index contributed by atoms with van der Waals surface area (Å²) in [5, 5.41) is 27.3. The summed E-state index contributed by atoms with van der Waals surface area (Å²) in [5.41, 5.74) is 3.33. The van der Waals surface area contributed by atoms with Crippen LogP contribution in [0.1, 0.15) is 42.8 Å². The average Bonchev–Trinajstić information content (AvgIpc) is 3.18. The minimum Gasteiger partial charge on any atom is -0.389 e. The second kappa shape index (κ2) is 6.60. The van der Waals surface area contributed by atoms with Gasteiger partial charge in [0.1, 0.15) is 11.5 Å². The maximum absolute atomic E-state index is 13.6. The monoisotopic (exact) mass is 356 g/mol. The van der Waals surface area contributed by atoms with Crippen LogP contribution in [0.4, 0.5) is 4.39 Å². The van der Waals surface area contributed by atoms with Crippen LogP contribution in [0, 0.1) is 11.7 Å². The second-order valence-corrected chi connectivity index (χ2v) is 6.94. The van der Waals surface area contributed by atoms with Crippen LogP contribution < -0.4 is 0 Å². The zero-order valence-electron chi connectivity index (χ0n) is 14.8. The fourth-order valence-corrected chi connectivity index (χ4v) is 3.12. The van der Waals surface area contributed by atoms with E-state index in [-0.39, 0.29) is 0 Å². The Hall–Kier alpha value is -2.61. The maximum Gasteiger partial charge on any atom is 0.123 e. The molecule has 1 aliphatic rings. The smallest absolute Gasteiger partial charge is 0.123 e. The number of nitrogens with zero attached hydrogens (tertiary/aromatic N) is 6. The number of rotatable bonds is 6. The molecule has 1 aliphatic carbocycles. The Morgan fingerprint density at radius 2 is 2.12 bits per heavy atom. The summed E-state index contributed by atoms with van der Waals surface area (Å²) >= 11 is 0. The molecule has 1 atom stereocenters. The molecule has 0 unspecified atom stereocenters. The van der Waals surface area contributed by atoms with Crippen molar-refractivity contribution < 1.29 is 9.50 Å². The number of halogens is 1. The SMILES string of the molecule is C[C@@H](O)c1cc(F)ccc1-c1nn(C)nc1Cc1cn(CC2CC2)nn1. The number of aliphatic hydroxyl groups excluding tert-OH is 1. The lowest BCUT2D eigenvalue weighted by molar-refractivity contribution is 0.199. The van der Waals surface area contributed by atoms with Crippen molar-refractivity contribution >= 4 is 0 Å². The summed E-state index contributed by atoms with van der Waals surface area (Å²) < 4.78 is 15.5. The average molecular weight is 356 g/mol. The van der Waals surface area contributed by atoms with E-state index in [2.05, 4.69) is 20.5 Å². The fraction of sp³-hybridized carbons (Fsp3) is 0.444. The van der Waals surface area contributed by atoms with Gasteiger partial charge in [0.2, 0.25) is 0 Å². The van der Waals surface area contributed by atoms with Crippen molar-refractivity contribution in [3.05, 3.63) is 47.2 Å². The van der Waals surface area contributed by atoms with Crippen molar-refractivity contribution in [3.8, 4) is 11.3 Å². The minimum atomic E-state index is -0.810. The highest BCUT2D eigenvalue weighted by Gasteiger charge is 2.23. The molecule has 26 heavy (non-hydrogen) atoms. The molecule has 4 rings (SSSR count). The van der Waals surface area contributed by atoms with Gasteiger partial charge in [-0.2, -0.15) is 15.0 Å². The van der Waals surface area contributed by atoms with E-state index in [0.29, 0.717) is 23.2 Å². The Balaban J connectivity index is 1.66. The molecule has 3 aromatic rings. The first-order valence-corrected chi connectivity index (χ1v) is 8.76. The molecule has 2 heterocycles. The molecule has 0 bridgehead atoms. The summed E-state index contributed by atoms with van der Waals surface area (Å²) in [4.78, 5) is 1.48. The van der Waals surface area contributed by atoms with Crippen molar-refractivity contribution in [2.45, 2.75) is 38.8 Å². The van der Waals surface area contributed by atoms with Gasteiger partial charge in [0, 0.05) is 31.8 Å². The van der Waals surface area contributed by atoms with Crippen LogP contribution in [0.2, 0.25) is 0 Å². The van der Waals surface area contributed by atoms with Gasteiger partial charge < -0.3 is 5.11 Å².